The van der Waals surface area contributed by atoms with E-state index >= 15 is 0 Å². The molecule has 0 radical (unpaired) electrons. The molecular formula is C19H24N2O2S. The van der Waals surface area contributed by atoms with Gasteiger partial charge in [-0.25, -0.2) is 4.79 Å². The summed E-state index contributed by atoms with van der Waals surface area (Å²) in [5.41, 5.74) is 2.32. The molecule has 0 saturated carbocycles. The first-order chi connectivity index (χ1) is 11.3. The summed E-state index contributed by atoms with van der Waals surface area (Å²) in [5.74, 6) is 0.0274. The highest BCUT2D eigenvalue weighted by molar-refractivity contribution is 7.99. The largest absolute Gasteiger partial charge is 0.329 e. The van der Waals surface area contributed by atoms with E-state index in [1.807, 2.05) is 46.8 Å². The summed E-state index contributed by atoms with van der Waals surface area (Å²) in [6, 6.07) is 6.26. The Kier molecular flexibility index (Phi) is 5.89. The predicted molar refractivity (Wildman–Crippen MR) is 100 cm³/mol. The number of H-pyrrole nitrogens is 1. The van der Waals surface area contributed by atoms with Crippen LogP contribution in [-0.4, -0.2) is 9.55 Å². The van der Waals surface area contributed by atoms with Crippen LogP contribution in [0.1, 0.15) is 43.4 Å². The first-order valence-corrected chi connectivity index (χ1v) is 8.89. The standard InChI is InChI=1S/C19H24N2O2S/c1-6-7-8-21-18(16(12(2)3)17(22)20-19(21)23)24-15-10-13(4)9-14(5)11-15/h6-7,9-12H,8H2,1-5H3,(H,20,22,23)/b7-6+. The van der Waals surface area contributed by atoms with Crippen molar-refractivity contribution >= 4 is 11.8 Å². The maximum Gasteiger partial charge on any atom is 0.329 e. The molecule has 4 nitrogen and oxygen atoms in total. The van der Waals surface area contributed by atoms with Gasteiger partial charge < -0.3 is 0 Å². The summed E-state index contributed by atoms with van der Waals surface area (Å²) in [5, 5.41) is 0.724. The maximum atomic E-state index is 12.4. The van der Waals surface area contributed by atoms with E-state index in [1.165, 1.54) is 11.8 Å². The quantitative estimate of drug-likeness (QED) is 0.659. The number of aromatic nitrogens is 2. The summed E-state index contributed by atoms with van der Waals surface area (Å²) >= 11 is 1.49. The average molecular weight is 344 g/mol. The van der Waals surface area contributed by atoms with Gasteiger partial charge in [-0.1, -0.05) is 43.8 Å². The Balaban J connectivity index is 2.68. The number of hydrogen-bond acceptors (Lipinski definition) is 3. The zero-order valence-corrected chi connectivity index (χ0v) is 15.7. The first kappa shape index (κ1) is 18.3. The minimum absolute atomic E-state index is 0.0274. The Bertz CT molecular complexity index is 856. The van der Waals surface area contributed by atoms with E-state index in [9.17, 15) is 9.59 Å². The van der Waals surface area contributed by atoms with Crippen LogP contribution in [0.5, 0.6) is 0 Å². The number of nitrogens with one attached hydrogen (secondary N) is 1. The van der Waals surface area contributed by atoms with Gasteiger partial charge in [0, 0.05) is 11.4 Å². The number of rotatable bonds is 5. The van der Waals surface area contributed by atoms with E-state index < -0.39 is 0 Å². The third-order valence-electron chi connectivity index (χ3n) is 3.70. The van der Waals surface area contributed by atoms with Crippen LogP contribution in [0.25, 0.3) is 0 Å². The summed E-state index contributed by atoms with van der Waals surface area (Å²) < 4.78 is 1.64. The first-order valence-electron chi connectivity index (χ1n) is 8.07. The molecule has 0 aliphatic carbocycles. The Morgan fingerprint density at radius 3 is 2.33 bits per heavy atom. The highest BCUT2D eigenvalue weighted by Gasteiger charge is 2.18. The van der Waals surface area contributed by atoms with Crippen molar-refractivity contribution < 1.29 is 0 Å². The molecule has 1 aromatic heterocycles. The van der Waals surface area contributed by atoms with E-state index in [0.717, 1.165) is 21.0 Å². The topological polar surface area (TPSA) is 54.9 Å². The molecule has 2 aromatic rings. The van der Waals surface area contributed by atoms with Crippen molar-refractivity contribution in [3.63, 3.8) is 0 Å². The molecule has 0 saturated heterocycles. The van der Waals surface area contributed by atoms with E-state index in [-0.39, 0.29) is 17.2 Å². The Labute approximate surface area is 146 Å². The zero-order chi connectivity index (χ0) is 17.9. The lowest BCUT2D eigenvalue weighted by atomic mass is 10.1. The van der Waals surface area contributed by atoms with E-state index in [4.69, 9.17) is 0 Å². The Morgan fingerprint density at radius 1 is 1.17 bits per heavy atom. The fraction of sp³-hybridized carbons (Fsp3) is 0.368. The number of allylic oxidation sites excluding steroid dienone is 2. The fourth-order valence-corrected chi connectivity index (χ4v) is 4.08. The van der Waals surface area contributed by atoms with Crippen LogP contribution in [0.4, 0.5) is 0 Å². The molecule has 0 aliphatic rings. The fourth-order valence-electron chi connectivity index (χ4n) is 2.67. The van der Waals surface area contributed by atoms with Crippen LogP contribution in [0.15, 0.2) is 49.9 Å². The summed E-state index contributed by atoms with van der Waals surface area (Å²) in [4.78, 5) is 28.2. The second kappa shape index (κ2) is 7.71. The Hall–Kier alpha value is -2.01. The molecular weight excluding hydrogens is 320 g/mol. The monoisotopic (exact) mass is 344 g/mol. The molecule has 0 bridgehead atoms. The SMILES string of the molecule is C/C=C/Cn1c(Sc2cc(C)cc(C)c2)c(C(C)C)c(=O)[nH]c1=O. The number of benzene rings is 1. The van der Waals surface area contributed by atoms with Crippen molar-refractivity contribution in [2.45, 2.75) is 57.0 Å². The molecule has 0 aliphatic heterocycles. The number of hydrogen-bond donors (Lipinski definition) is 1. The van der Waals surface area contributed by atoms with Gasteiger partial charge >= 0.3 is 5.69 Å². The zero-order valence-electron chi connectivity index (χ0n) is 14.8. The molecule has 5 heteroatoms. The van der Waals surface area contributed by atoms with E-state index in [1.54, 1.807) is 4.57 Å². The molecule has 0 unspecified atom stereocenters. The number of aromatic amines is 1. The minimum atomic E-state index is -0.366. The van der Waals surface area contributed by atoms with Gasteiger partial charge in [0.15, 0.2) is 0 Å². The summed E-state index contributed by atoms with van der Waals surface area (Å²) in [7, 11) is 0. The van der Waals surface area contributed by atoms with Crippen molar-refractivity contribution in [2.24, 2.45) is 0 Å². The normalized spacial score (nSPS) is 11.6. The van der Waals surface area contributed by atoms with Crippen LogP contribution in [-0.2, 0) is 6.54 Å². The highest BCUT2D eigenvalue weighted by atomic mass is 32.2. The van der Waals surface area contributed by atoms with Gasteiger partial charge in [-0.3, -0.25) is 14.3 Å². The third kappa shape index (κ3) is 4.09. The molecule has 128 valence electrons. The molecule has 0 amide bonds. The molecule has 24 heavy (non-hydrogen) atoms. The average Bonchev–Trinajstić information content (AvgIpc) is 2.45. The maximum absolute atomic E-state index is 12.4. The minimum Gasteiger partial charge on any atom is -0.284 e. The van der Waals surface area contributed by atoms with Crippen molar-refractivity contribution in [1.82, 2.24) is 9.55 Å². The third-order valence-corrected chi connectivity index (χ3v) is 4.80. The van der Waals surface area contributed by atoms with Gasteiger partial charge in [0.05, 0.1) is 10.6 Å². The molecule has 1 heterocycles. The molecule has 0 spiro atoms. The van der Waals surface area contributed by atoms with Gasteiger partial charge in [0.1, 0.15) is 0 Å². The van der Waals surface area contributed by atoms with Gasteiger partial charge in [-0.05, 0) is 49.9 Å². The van der Waals surface area contributed by atoms with Crippen LogP contribution in [0.3, 0.4) is 0 Å². The molecule has 0 atom stereocenters. The summed E-state index contributed by atoms with van der Waals surface area (Å²) in [6.07, 6.45) is 3.81. The molecule has 1 aromatic carbocycles. The van der Waals surface area contributed by atoms with Gasteiger partial charge in [0.25, 0.3) is 5.56 Å². The van der Waals surface area contributed by atoms with E-state index in [2.05, 4.69) is 23.2 Å². The highest BCUT2D eigenvalue weighted by Crippen LogP contribution is 2.32. The van der Waals surface area contributed by atoms with Gasteiger partial charge in [0.2, 0.25) is 0 Å². The van der Waals surface area contributed by atoms with Crippen molar-refractivity contribution in [2.75, 3.05) is 0 Å². The van der Waals surface area contributed by atoms with Crippen LogP contribution < -0.4 is 11.2 Å². The second-order valence-electron chi connectivity index (χ2n) is 6.24. The number of nitrogens with zero attached hydrogens (tertiary/aromatic N) is 1. The summed E-state index contributed by atoms with van der Waals surface area (Å²) in [6.45, 7) is 10.4. The lowest BCUT2D eigenvalue weighted by molar-refractivity contribution is 0.625. The van der Waals surface area contributed by atoms with Crippen LogP contribution in [0, 0.1) is 13.8 Å². The van der Waals surface area contributed by atoms with Crippen LogP contribution >= 0.6 is 11.8 Å². The molecule has 1 N–H and O–H groups in total. The Morgan fingerprint density at radius 2 is 1.79 bits per heavy atom. The van der Waals surface area contributed by atoms with Crippen LogP contribution in [0.2, 0.25) is 0 Å². The smallest absolute Gasteiger partial charge is 0.284 e. The molecule has 2 rings (SSSR count). The van der Waals surface area contributed by atoms with Crippen molar-refractivity contribution in [1.29, 1.82) is 0 Å². The lowest BCUT2D eigenvalue weighted by Gasteiger charge is -2.17. The van der Waals surface area contributed by atoms with Gasteiger partial charge in [-0.15, -0.1) is 0 Å². The molecule has 0 fully saturated rings. The predicted octanol–water partition coefficient (Wildman–Crippen LogP) is 4.00. The van der Waals surface area contributed by atoms with Gasteiger partial charge in [-0.2, -0.15) is 0 Å². The second-order valence-corrected chi connectivity index (χ2v) is 7.30. The van der Waals surface area contributed by atoms with Crippen molar-refractivity contribution in [3.8, 4) is 0 Å². The van der Waals surface area contributed by atoms with Crippen molar-refractivity contribution in [3.05, 3.63) is 67.9 Å². The number of aryl methyl sites for hydroxylation is 2. The van der Waals surface area contributed by atoms with E-state index in [0.29, 0.717) is 12.1 Å². The lowest BCUT2D eigenvalue weighted by Crippen LogP contribution is -2.34.